The number of aryl methyl sites for hydroxylation is 1. The largest absolute Gasteiger partial charge is 0.334 e. The predicted octanol–water partition coefficient (Wildman–Crippen LogP) is 6.31. The van der Waals surface area contributed by atoms with E-state index in [4.69, 9.17) is 5.10 Å². The quantitative estimate of drug-likeness (QED) is 0.285. The molecule has 1 atom stereocenters. The number of nitrogens with zero attached hydrogens (tertiary/aromatic N) is 5. The number of hydrogen-bond acceptors (Lipinski definition) is 5. The third-order valence-corrected chi connectivity index (χ3v) is 8.24. The van der Waals surface area contributed by atoms with Crippen molar-refractivity contribution in [3.05, 3.63) is 83.6 Å². The molecule has 204 valence electrons. The molecular formula is C30H37N7OS. The van der Waals surface area contributed by atoms with Crippen molar-refractivity contribution in [3.63, 3.8) is 0 Å². The molecule has 1 aliphatic rings. The number of thioether (sulfide) groups is 1. The molecule has 39 heavy (non-hydrogen) atoms. The first-order chi connectivity index (χ1) is 18.7. The number of carbonyl (C=O) groups is 1. The molecule has 0 saturated carbocycles. The van der Waals surface area contributed by atoms with E-state index in [1.165, 1.54) is 4.90 Å². The first-order valence-corrected chi connectivity index (χ1v) is 14.4. The molecule has 1 unspecified atom stereocenters. The van der Waals surface area contributed by atoms with Gasteiger partial charge in [0, 0.05) is 47.1 Å². The fourth-order valence-corrected chi connectivity index (χ4v) is 5.99. The number of carbonyl (C=O) groups excluding carboxylic acids is 1. The smallest absolute Gasteiger partial charge is 0.320 e. The Labute approximate surface area is 234 Å². The van der Waals surface area contributed by atoms with Crippen molar-refractivity contribution in [3.8, 4) is 5.69 Å². The molecule has 4 aromatic rings. The van der Waals surface area contributed by atoms with Crippen molar-refractivity contribution < 1.29 is 4.79 Å². The lowest BCUT2D eigenvalue weighted by Crippen LogP contribution is -2.29. The van der Waals surface area contributed by atoms with Crippen molar-refractivity contribution in [1.29, 1.82) is 0 Å². The van der Waals surface area contributed by atoms with Gasteiger partial charge in [0.15, 0.2) is 0 Å². The summed E-state index contributed by atoms with van der Waals surface area (Å²) in [6.45, 7) is 12.0. The molecule has 0 bridgehead atoms. The zero-order valence-corrected chi connectivity index (χ0v) is 24.1. The number of hydrogen-bond donors (Lipinski definition) is 2. The van der Waals surface area contributed by atoms with Gasteiger partial charge in [-0.05, 0) is 30.2 Å². The van der Waals surface area contributed by atoms with Gasteiger partial charge < -0.3 is 9.88 Å². The molecule has 2 amide bonds. The Balaban J connectivity index is 1.26. The van der Waals surface area contributed by atoms with Gasteiger partial charge in [-0.15, -0.1) is 22.0 Å². The number of urea groups is 1. The van der Waals surface area contributed by atoms with Crippen LogP contribution in [-0.4, -0.2) is 35.8 Å². The van der Waals surface area contributed by atoms with E-state index in [0.717, 1.165) is 48.0 Å². The van der Waals surface area contributed by atoms with Gasteiger partial charge in [0.2, 0.25) is 0 Å². The highest BCUT2D eigenvalue weighted by Gasteiger charge is 2.25. The minimum absolute atomic E-state index is 0.147. The van der Waals surface area contributed by atoms with Crippen LogP contribution in [0.4, 0.5) is 10.6 Å². The van der Waals surface area contributed by atoms with Gasteiger partial charge in [0.25, 0.3) is 0 Å². The maximum Gasteiger partial charge on any atom is 0.320 e. The average molecular weight is 544 g/mol. The van der Waals surface area contributed by atoms with Crippen LogP contribution in [0.2, 0.25) is 0 Å². The molecule has 0 fully saturated rings. The molecule has 0 saturated heterocycles. The van der Waals surface area contributed by atoms with Crippen LogP contribution in [-0.2, 0) is 24.9 Å². The van der Waals surface area contributed by atoms with Crippen LogP contribution in [0.1, 0.15) is 69.9 Å². The van der Waals surface area contributed by atoms with Crippen molar-refractivity contribution in [2.45, 2.75) is 82.0 Å². The van der Waals surface area contributed by atoms with Gasteiger partial charge in [-0.25, -0.2) is 9.48 Å². The first kappa shape index (κ1) is 27.0. The zero-order valence-electron chi connectivity index (χ0n) is 23.3. The van der Waals surface area contributed by atoms with E-state index in [-0.39, 0.29) is 11.4 Å². The summed E-state index contributed by atoms with van der Waals surface area (Å²) < 4.78 is 4.08. The number of benzene rings is 2. The lowest BCUT2D eigenvalue weighted by Gasteiger charge is -2.25. The summed E-state index contributed by atoms with van der Waals surface area (Å²) >= 11 is 1.88. The number of amides is 2. The van der Waals surface area contributed by atoms with Gasteiger partial charge in [-0.3, -0.25) is 5.32 Å². The second-order valence-electron chi connectivity index (χ2n) is 11.3. The molecule has 0 aliphatic carbocycles. The summed E-state index contributed by atoms with van der Waals surface area (Å²) in [7, 11) is 0. The maximum atomic E-state index is 13.1. The van der Waals surface area contributed by atoms with Crippen LogP contribution >= 0.6 is 11.8 Å². The standard InChI is InChI=1S/C30H37N7OS/c1-20(2)28-34-33-26-16-15-23(19-36(26)28)39-24-14-10-9-11-21(24)18-31-29(38)32-27-17-25(30(3,4)5)35-37(27)22-12-7-6-8-13-22/h6-14,17,20,23H,15-16,18-19H2,1-5H3,(H2,31,32,38). The van der Waals surface area contributed by atoms with Crippen LogP contribution < -0.4 is 10.6 Å². The molecule has 9 heteroatoms. The van der Waals surface area contributed by atoms with Crippen LogP contribution in [0, 0.1) is 0 Å². The molecule has 0 radical (unpaired) electrons. The number of rotatable bonds is 7. The minimum atomic E-state index is -0.263. The molecule has 0 spiro atoms. The van der Waals surface area contributed by atoms with Crippen molar-refractivity contribution in [2.24, 2.45) is 0 Å². The van der Waals surface area contributed by atoms with E-state index in [1.807, 2.05) is 54.2 Å². The van der Waals surface area contributed by atoms with E-state index < -0.39 is 0 Å². The number of aromatic nitrogens is 5. The van der Waals surface area contributed by atoms with Gasteiger partial charge in [-0.2, -0.15) is 5.10 Å². The normalized spacial score (nSPS) is 15.3. The summed E-state index contributed by atoms with van der Waals surface area (Å²) in [6.07, 6.45) is 1.99. The fourth-order valence-electron chi connectivity index (χ4n) is 4.72. The highest BCUT2D eigenvalue weighted by atomic mass is 32.2. The Morgan fingerprint density at radius 3 is 2.56 bits per heavy atom. The predicted molar refractivity (Wildman–Crippen MR) is 157 cm³/mol. The number of fused-ring (bicyclic) bond motifs is 1. The van der Waals surface area contributed by atoms with E-state index in [0.29, 0.717) is 23.5 Å². The van der Waals surface area contributed by atoms with Crippen LogP contribution in [0.3, 0.4) is 0 Å². The molecule has 1 aliphatic heterocycles. The molecule has 8 nitrogen and oxygen atoms in total. The molecule has 5 rings (SSSR count). The van der Waals surface area contributed by atoms with Crippen LogP contribution in [0.5, 0.6) is 0 Å². The van der Waals surface area contributed by atoms with Gasteiger partial charge in [0.05, 0.1) is 11.4 Å². The Kier molecular flexibility index (Phi) is 7.79. The average Bonchev–Trinajstić information content (AvgIpc) is 3.53. The van der Waals surface area contributed by atoms with Crippen LogP contribution in [0.15, 0.2) is 65.6 Å². The molecule has 2 aromatic heterocycles. The first-order valence-electron chi connectivity index (χ1n) is 13.6. The maximum absolute atomic E-state index is 13.1. The van der Waals surface area contributed by atoms with Crippen molar-refractivity contribution >= 4 is 23.6 Å². The Hall–Kier alpha value is -3.59. The highest BCUT2D eigenvalue weighted by molar-refractivity contribution is 8.00. The second kappa shape index (κ2) is 11.3. The zero-order chi connectivity index (χ0) is 27.6. The number of nitrogens with one attached hydrogen (secondary N) is 2. The van der Waals surface area contributed by atoms with E-state index in [9.17, 15) is 4.79 Å². The molecule has 2 N–H and O–H groups in total. The Bertz CT molecular complexity index is 1440. The lowest BCUT2D eigenvalue weighted by atomic mass is 9.92. The van der Waals surface area contributed by atoms with E-state index in [1.54, 1.807) is 4.68 Å². The molecule has 3 heterocycles. The second-order valence-corrected chi connectivity index (χ2v) is 12.7. The Morgan fingerprint density at radius 2 is 1.82 bits per heavy atom. The summed E-state index contributed by atoms with van der Waals surface area (Å²) in [6, 6.07) is 19.9. The van der Waals surface area contributed by atoms with E-state index >= 15 is 0 Å². The third-order valence-electron chi connectivity index (χ3n) is 6.87. The monoisotopic (exact) mass is 543 g/mol. The number of anilines is 1. The summed E-state index contributed by atoms with van der Waals surface area (Å²) in [5, 5.41) is 20.1. The van der Waals surface area contributed by atoms with Crippen LogP contribution in [0.25, 0.3) is 5.69 Å². The minimum Gasteiger partial charge on any atom is -0.334 e. The Morgan fingerprint density at radius 1 is 1.08 bits per heavy atom. The van der Waals surface area contributed by atoms with Gasteiger partial charge >= 0.3 is 6.03 Å². The topological polar surface area (TPSA) is 89.7 Å². The SMILES string of the molecule is CC(C)c1nnc2n1CC(Sc1ccccc1CNC(=O)Nc1cc(C(C)(C)C)nn1-c1ccccc1)CC2. The highest BCUT2D eigenvalue weighted by Crippen LogP contribution is 2.34. The third kappa shape index (κ3) is 6.19. The summed E-state index contributed by atoms with van der Waals surface area (Å²) in [5.41, 5.74) is 2.76. The van der Waals surface area contributed by atoms with Crippen molar-refractivity contribution in [2.75, 3.05) is 5.32 Å². The van der Waals surface area contributed by atoms with Gasteiger partial charge in [-0.1, -0.05) is 71.0 Å². The molecule has 2 aromatic carbocycles. The van der Waals surface area contributed by atoms with Gasteiger partial charge in [0.1, 0.15) is 17.5 Å². The van der Waals surface area contributed by atoms with Crippen molar-refractivity contribution in [1.82, 2.24) is 29.9 Å². The lowest BCUT2D eigenvalue weighted by molar-refractivity contribution is 0.251. The summed E-state index contributed by atoms with van der Waals surface area (Å²) in [5.74, 6) is 3.14. The number of para-hydroxylation sites is 1. The summed E-state index contributed by atoms with van der Waals surface area (Å²) in [4.78, 5) is 14.2. The molecular weight excluding hydrogens is 506 g/mol. The fraction of sp³-hybridized carbons (Fsp3) is 0.400. The van der Waals surface area contributed by atoms with E-state index in [2.05, 4.69) is 78.2 Å².